The molecule has 7 nitrogen and oxygen atoms in total. The SMILES string of the molecule is CC[C@H](C)Oc1c(Cl)cc(/C=N\Nc2ccc([N+](=O)[O-])cc2)cc1OC. The summed E-state index contributed by atoms with van der Waals surface area (Å²) in [5.41, 5.74) is 4.17. The molecule has 138 valence electrons. The van der Waals surface area contributed by atoms with Crippen molar-refractivity contribution in [2.75, 3.05) is 12.5 Å². The number of hydrogen-bond donors (Lipinski definition) is 1. The third-order valence-electron chi connectivity index (χ3n) is 3.63. The largest absolute Gasteiger partial charge is 0.493 e. The second-order valence-corrected chi connectivity index (χ2v) is 5.95. The van der Waals surface area contributed by atoms with Crippen LogP contribution in [0.4, 0.5) is 11.4 Å². The first-order valence-electron chi connectivity index (χ1n) is 8.02. The van der Waals surface area contributed by atoms with Crippen LogP contribution in [0.15, 0.2) is 41.5 Å². The third kappa shape index (κ3) is 5.10. The molecule has 0 aliphatic carbocycles. The molecule has 0 aliphatic rings. The number of non-ortho nitro benzene ring substituents is 1. The van der Waals surface area contributed by atoms with Gasteiger partial charge in [0.05, 0.1) is 35.1 Å². The van der Waals surface area contributed by atoms with Crippen LogP contribution >= 0.6 is 11.6 Å². The lowest BCUT2D eigenvalue weighted by molar-refractivity contribution is -0.384. The maximum absolute atomic E-state index is 10.6. The number of hydrazone groups is 1. The lowest BCUT2D eigenvalue weighted by Crippen LogP contribution is -2.11. The van der Waals surface area contributed by atoms with Crippen molar-refractivity contribution in [2.45, 2.75) is 26.4 Å². The fourth-order valence-corrected chi connectivity index (χ4v) is 2.32. The van der Waals surface area contributed by atoms with E-state index in [0.29, 0.717) is 22.2 Å². The summed E-state index contributed by atoms with van der Waals surface area (Å²) in [4.78, 5) is 10.2. The molecule has 2 rings (SSSR count). The van der Waals surface area contributed by atoms with Crippen LogP contribution in [0.25, 0.3) is 0 Å². The van der Waals surface area contributed by atoms with Gasteiger partial charge in [0.25, 0.3) is 5.69 Å². The molecule has 26 heavy (non-hydrogen) atoms. The first-order chi connectivity index (χ1) is 12.4. The van der Waals surface area contributed by atoms with Crippen molar-refractivity contribution in [1.29, 1.82) is 0 Å². The molecule has 0 amide bonds. The van der Waals surface area contributed by atoms with Gasteiger partial charge >= 0.3 is 0 Å². The Morgan fingerprint density at radius 1 is 1.35 bits per heavy atom. The fraction of sp³-hybridized carbons (Fsp3) is 0.278. The fourth-order valence-electron chi connectivity index (χ4n) is 2.05. The summed E-state index contributed by atoms with van der Waals surface area (Å²) in [5, 5.41) is 15.2. The van der Waals surface area contributed by atoms with Crippen molar-refractivity contribution in [2.24, 2.45) is 5.10 Å². The predicted molar refractivity (Wildman–Crippen MR) is 103 cm³/mol. The van der Waals surface area contributed by atoms with Gasteiger partial charge in [-0.25, -0.2) is 0 Å². The van der Waals surface area contributed by atoms with Crippen molar-refractivity contribution < 1.29 is 14.4 Å². The number of methoxy groups -OCH3 is 1. The van der Waals surface area contributed by atoms with Crippen LogP contribution < -0.4 is 14.9 Å². The predicted octanol–water partition coefficient (Wildman–Crippen LogP) is 4.88. The Morgan fingerprint density at radius 3 is 2.62 bits per heavy atom. The smallest absolute Gasteiger partial charge is 0.269 e. The van der Waals surface area contributed by atoms with Crippen molar-refractivity contribution in [3.63, 3.8) is 0 Å². The highest BCUT2D eigenvalue weighted by molar-refractivity contribution is 6.32. The summed E-state index contributed by atoms with van der Waals surface area (Å²) < 4.78 is 11.2. The molecule has 0 radical (unpaired) electrons. The number of nitrogens with one attached hydrogen (secondary N) is 1. The Labute approximate surface area is 156 Å². The molecule has 0 aliphatic heterocycles. The van der Waals surface area contributed by atoms with E-state index in [4.69, 9.17) is 21.1 Å². The van der Waals surface area contributed by atoms with E-state index in [2.05, 4.69) is 10.5 Å². The highest BCUT2D eigenvalue weighted by Crippen LogP contribution is 2.37. The highest BCUT2D eigenvalue weighted by Gasteiger charge is 2.14. The molecule has 0 bridgehead atoms. The van der Waals surface area contributed by atoms with Crippen LogP contribution in [-0.2, 0) is 0 Å². The molecule has 1 atom stereocenters. The first kappa shape index (κ1) is 19.5. The van der Waals surface area contributed by atoms with Crippen LogP contribution in [0.5, 0.6) is 11.5 Å². The first-order valence-corrected chi connectivity index (χ1v) is 8.40. The van der Waals surface area contributed by atoms with Gasteiger partial charge in [0.2, 0.25) is 0 Å². The van der Waals surface area contributed by atoms with Gasteiger partial charge in [0, 0.05) is 12.1 Å². The maximum atomic E-state index is 10.6. The number of halogens is 1. The van der Waals surface area contributed by atoms with Gasteiger partial charge in [-0.05, 0) is 43.2 Å². The van der Waals surface area contributed by atoms with Gasteiger partial charge < -0.3 is 9.47 Å². The van der Waals surface area contributed by atoms with Crippen LogP contribution in [0, 0.1) is 10.1 Å². The molecule has 0 aromatic heterocycles. The molecule has 0 heterocycles. The Hall–Kier alpha value is -2.80. The maximum Gasteiger partial charge on any atom is 0.269 e. The normalized spacial score (nSPS) is 12.0. The second-order valence-electron chi connectivity index (χ2n) is 5.54. The molecule has 0 saturated heterocycles. The Bertz CT molecular complexity index is 794. The van der Waals surface area contributed by atoms with Crippen molar-refractivity contribution in [3.8, 4) is 11.5 Å². The van der Waals surface area contributed by atoms with E-state index in [1.54, 1.807) is 37.6 Å². The average molecular weight is 378 g/mol. The minimum atomic E-state index is -0.454. The van der Waals surface area contributed by atoms with E-state index < -0.39 is 4.92 Å². The van der Waals surface area contributed by atoms with E-state index in [-0.39, 0.29) is 11.8 Å². The van der Waals surface area contributed by atoms with E-state index in [1.807, 2.05) is 13.8 Å². The molecule has 0 fully saturated rings. The Kier molecular flexibility index (Phi) is 6.80. The topological polar surface area (TPSA) is 86.0 Å². The van der Waals surface area contributed by atoms with E-state index in [1.165, 1.54) is 12.1 Å². The lowest BCUT2D eigenvalue weighted by atomic mass is 10.2. The van der Waals surface area contributed by atoms with Crippen LogP contribution in [-0.4, -0.2) is 24.4 Å². The van der Waals surface area contributed by atoms with Crippen molar-refractivity contribution in [3.05, 3.63) is 57.1 Å². The zero-order chi connectivity index (χ0) is 19.1. The Morgan fingerprint density at radius 2 is 2.04 bits per heavy atom. The summed E-state index contributed by atoms with van der Waals surface area (Å²) >= 11 is 6.31. The van der Waals surface area contributed by atoms with Gasteiger partial charge in [-0.2, -0.15) is 5.10 Å². The number of hydrogen-bond acceptors (Lipinski definition) is 6. The van der Waals surface area contributed by atoms with Gasteiger partial charge in [0.15, 0.2) is 11.5 Å². The number of nitro benzene ring substituents is 1. The van der Waals surface area contributed by atoms with Crippen molar-refractivity contribution >= 4 is 29.2 Å². The number of nitrogens with zero attached hydrogens (tertiary/aromatic N) is 2. The summed E-state index contributed by atoms with van der Waals surface area (Å²) in [5.74, 6) is 1.03. The van der Waals surface area contributed by atoms with Crippen molar-refractivity contribution in [1.82, 2.24) is 0 Å². The van der Waals surface area contributed by atoms with E-state index in [9.17, 15) is 10.1 Å². The molecule has 1 N–H and O–H groups in total. The third-order valence-corrected chi connectivity index (χ3v) is 3.91. The van der Waals surface area contributed by atoms with E-state index >= 15 is 0 Å². The monoisotopic (exact) mass is 377 g/mol. The summed E-state index contributed by atoms with van der Waals surface area (Å²) in [6.45, 7) is 3.98. The summed E-state index contributed by atoms with van der Waals surface area (Å²) in [6.07, 6.45) is 2.44. The number of anilines is 1. The zero-order valence-electron chi connectivity index (χ0n) is 14.7. The van der Waals surface area contributed by atoms with Crippen LogP contribution in [0.1, 0.15) is 25.8 Å². The van der Waals surface area contributed by atoms with E-state index in [0.717, 1.165) is 12.0 Å². The lowest BCUT2D eigenvalue weighted by Gasteiger charge is -2.17. The minimum absolute atomic E-state index is 0.0183. The number of ether oxygens (including phenoxy) is 2. The number of benzene rings is 2. The molecule has 0 unspecified atom stereocenters. The number of rotatable bonds is 8. The van der Waals surface area contributed by atoms with Gasteiger partial charge in [-0.3, -0.25) is 15.5 Å². The zero-order valence-corrected chi connectivity index (χ0v) is 15.5. The highest BCUT2D eigenvalue weighted by atomic mass is 35.5. The molecular formula is C18H20ClN3O4. The summed E-state index contributed by atoms with van der Waals surface area (Å²) in [7, 11) is 1.55. The van der Waals surface area contributed by atoms with Crippen LogP contribution in [0.2, 0.25) is 5.02 Å². The molecule has 0 saturated carbocycles. The van der Waals surface area contributed by atoms with Crippen LogP contribution in [0.3, 0.4) is 0 Å². The van der Waals surface area contributed by atoms with Gasteiger partial charge in [-0.15, -0.1) is 0 Å². The Balaban J connectivity index is 2.12. The molecule has 0 spiro atoms. The molecule has 8 heteroatoms. The summed E-state index contributed by atoms with van der Waals surface area (Å²) in [6, 6.07) is 9.45. The standard InChI is InChI=1S/C18H20ClN3O4/c1-4-12(2)26-18-16(19)9-13(10-17(18)25-3)11-20-21-14-5-7-15(8-6-14)22(23)24/h5-12,21H,4H2,1-3H3/b20-11-/t12-/m0/s1. The number of nitro groups is 1. The molecule has 2 aromatic rings. The second kappa shape index (κ2) is 9.05. The molecule has 2 aromatic carbocycles. The minimum Gasteiger partial charge on any atom is -0.493 e. The molecular weight excluding hydrogens is 358 g/mol. The quantitative estimate of drug-likeness (QED) is 0.402. The average Bonchev–Trinajstić information content (AvgIpc) is 2.63. The van der Waals surface area contributed by atoms with Gasteiger partial charge in [0.1, 0.15) is 0 Å². The van der Waals surface area contributed by atoms with Gasteiger partial charge in [-0.1, -0.05) is 18.5 Å².